The van der Waals surface area contributed by atoms with E-state index in [1.54, 1.807) is 7.11 Å². The highest BCUT2D eigenvalue weighted by atomic mass is 16.5. The van der Waals surface area contributed by atoms with Gasteiger partial charge in [0.05, 0.1) is 13.2 Å². The number of methoxy groups -OCH3 is 1. The Balaban J connectivity index is 2.76. The smallest absolute Gasteiger partial charge is 0.119 e. The summed E-state index contributed by atoms with van der Waals surface area (Å²) in [5.74, 6) is 0.782. The molecule has 0 heterocycles. The first-order valence-electron chi connectivity index (χ1n) is 5.12. The molecule has 3 heteroatoms. The Hall–Kier alpha value is -1.06. The molecule has 0 aliphatic rings. The normalized spacial score (nSPS) is 14.7. The summed E-state index contributed by atoms with van der Waals surface area (Å²) >= 11 is 0. The van der Waals surface area contributed by atoms with Crippen LogP contribution in [-0.2, 0) is 0 Å². The molecule has 1 aromatic rings. The molecule has 0 aliphatic carbocycles. The van der Waals surface area contributed by atoms with Gasteiger partial charge in [0.15, 0.2) is 0 Å². The lowest BCUT2D eigenvalue weighted by Gasteiger charge is -2.18. The molecule has 0 bridgehead atoms. The van der Waals surface area contributed by atoms with Gasteiger partial charge in [0.2, 0.25) is 0 Å². The van der Waals surface area contributed by atoms with Crippen LogP contribution in [0.15, 0.2) is 24.3 Å². The van der Waals surface area contributed by atoms with Crippen molar-refractivity contribution in [1.82, 2.24) is 0 Å². The minimum atomic E-state index is -0.549. The van der Waals surface area contributed by atoms with Gasteiger partial charge in [-0.25, -0.2) is 0 Å². The highest BCUT2D eigenvalue weighted by molar-refractivity contribution is 5.29. The summed E-state index contributed by atoms with van der Waals surface area (Å²) in [6.07, 6.45) is 0.0468. The van der Waals surface area contributed by atoms with Gasteiger partial charge in [-0.05, 0) is 30.0 Å². The molecule has 0 radical (unpaired) electrons. The Morgan fingerprint density at radius 3 is 2.73 bits per heavy atom. The van der Waals surface area contributed by atoms with Gasteiger partial charge in [-0.1, -0.05) is 19.1 Å². The molecule has 0 aliphatic heterocycles. The van der Waals surface area contributed by atoms with Crippen molar-refractivity contribution in [3.63, 3.8) is 0 Å². The number of aliphatic hydroxyl groups excluding tert-OH is 2. The summed E-state index contributed by atoms with van der Waals surface area (Å²) < 4.78 is 5.08. The van der Waals surface area contributed by atoms with Gasteiger partial charge in [-0.15, -0.1) is 0 Å². The first-order valence-corrected chi connectivity index (χ1v) is 5.12. The number of aliphatic hydroxyl groups is 2. The van der Waals surface area contributed by atoms with Gasteiger partial charge in [-0.3, -0.25) is 0 Å². The van der Waals surface area contributed by atoms with Crippen LogP contribution in [0.25, 0.3) is 0 Å². The Kier molecular flexibility index (Phi) is 4.59. The topological polar surface area (TPSA) is 49.7 Å². The van der Waals surface area contributed by atoms with E-state index in [0.29, 0.717) is 6.42 Å². The number of hydrogen-bond donors (Lipinski definition) is 2. The van der Waals surface area contributed by atoms with Crippen LogP contribution < -0.4 is 4.74 Å². The zero-order valence-electron chi connectivity index (χ0n) is 9.18. The highest BCUT2D eigenvalue weighted by Gasteiger charge is 2.16. The summed E-state index contributed by atoms with van der Waals surface area (Å²) in [7, 11) is 1.60. The van der Waals surface area contributed by atoms with Crippen LogP contribution in [-0.4, -0.2) is 23.9 Å². The number of rotatable bonds is 5. The third-order valence-corrected chi connectivity index (χ3v) is 2.56. The summed E-state index contributed by atoms with van der Waals surface area (Å²) in [6, 6.07) is 7.37. The van der Waals surface area contributed by atoms with E-state index in [-0.39, 0.29) is 12.5 Å². The van der Waals surface area contributed by atoms with E-state index in [1.165, 1.54) is 0 Å². The Morgan fingerprint density at radius 1 is 1.40 bits per heavy atom. The van der Waals surface area contributed by atoms with E-state index >= 15 is 0 Å². The van der Waals surface area contributed by atoms with Crippen molar-refractivity contribution in [3.05, 3.63) is 29.8 Å². The van der Waals surface area contributed by atoms with E-state index in [1.807, 2.05) is 31.2 Å². The second kappa shape index (κ2) is 5.73. The summed E-state index contributed by atoms with van der Waals surface area (Å²) in [4.78, 5) is 0. The molecule has 0 spiro atoms. The first kappa shape index (κ1) is 12.0. The molecule has 1 rings (SSSR count). The van der Waals surface area contributed by atoms with Crippen LogP contribution in [0.2, 0.25) is 0 Å². The van der Waals surface area contributed by atoms with E-state index in [4.69, 9.17) is 9.84 Å². The fourth-order valence-corrected chi connectivity index (χ4v) is 1.52. The van der Waals surface area contributed by atoms with E-state index < -0.39 is 6.10 Å². The number of ether oxygens (including phenoxy) is 1. The average Bonchev–Trinajstić information content (AvgIpc) is 2.28. The lowest BCUT2D eigenvalue weighted by Crippen LogP contribution is -2.10. The average molecular weight is 210 g/mol. The van der Waals surface area contributed by atoms with Gasteiger partial charge >= 0.3 is 0 Å². The van der Waals surface area contributed by atoms with Crippen molar-refractivity contribution in [2.45, 2.75) is 19.4 Å². The zero-order chi connectivity index (χ0) is 11.3. The summed E-state index contributed by atoms with van der Waals surface area (Å²) in [5, 5.41) is 18.8. The van der Waals surface area contributed by atoms with Crippen LogP contribution in [0.4, 0.5) is 0 Å². The Morgan fingerprint density at radius 2 is 2.13 bits per heavy atom. The molecule has 0 saturated heterocycles. The Labute approximate surface area is 90.3 Å². The van der Waals surface area contributed by atoms with Gasteiger partial charge in [0, 0.05) is 6.61 Å². The first-order chi connectivity index (χ1) is 7.19. The van der Waals surface area contributed by atoms with Crippen LogP contribution in [0.3, 0.4) is 0 Å². The van der Waals surface area contributed by atoms with Crippen LogP contribution in [0.5, 0.6) is 5.75 Å². The molecular weight excluding hydrogens is 192 g/mol. The molecule has 2 N–H and O–H groups in total. The third kappa shape index (κ3) is 3.22. The van der Waals surface area contributed by atoms with Gasteiger partial charge in [-0.2, -0.15) is 0 Å². The molecule has 0 saturated carbocycles. The summed E-state index contributed by atoms with van der Waals surface area (Å²) in [5.41, 5.74) is 0.829. The lowest BCUT2D eigenvalue weighted by atomic mass is 9.95. The third-order valence-electron chi connectivity index (χ3n) is 2.56. The fraction of sp³-hybridized carbons (Fsp3) is 0.500. The van der Waals surface area contributed by atoms with Crippen LogP contribution in [0.1, 0.15) is 25.0 Å². The SMILES string of the molecule is COc1cccc([C@@H](O)[C@@H](C)CCO)c1. The molecule has 0 fully saturated rings. The van der Waals surface area contributed by atoms with E-state index in [9.17, 15) is 5.11 Å². The predicted octanol–water partition coefficient (Wildman–Crippen LogP) is 1.75. The molecular formula is C12H18O3. The minimum absolute atomic E-state index is 0.0436. The number of benzene rings is 1. The second-order valence-electron chi connectivity index (χ2n) is 3.71. The quantitative estimate of drug-likeness (QED) is 0.778. The van der Waals surface area contributed by atoms with E-state index in [2.05, 4.69) is 0 Å². The van der Waals surface area contributed by atoms with Gasteiger partial charge in [0.1, 0.15) is 5.75 Å². The monoisotopic (exact) mass is 210 g/mol. The van der Waals surface area contributed by atoms with Crippen LogP contribution >= 0.6 is 0 Å². The maximum absolute atomic E-state index is 9.97. The molecule has 0 unspecified atom stereocenters. The molecule has 0 amide bonds. The van der Waals surface area contributed by atoms with Crippen molar-refractivity contribution in [2.24, 2.45) is 5.92 Å². The summed E-state index contributed by atoms with van der Waals surface area (Å²) in [6.45, 7) is 2.02. The zero-order valence-corrected chi connectivity index (χ0v) is 9.18. The Bertz CT molecular complexity index is 299. The van der Waals surface area contributed by atoms with Gasteiger partial charge in [0.25, 0.3) is 0 Å². The maximum Gasteiger partial charge on any atom is 0.119 e. The molecule has 0 aromatic heterocycles. The molecule has 84 valence electrons. The maximum atomic E-state index is 9.97. The van der Waals surface area contributed by atoms with E-state index in [0.717, 1.165) is 11.3 Å². The lowest BCUT2D eigenvalue weighted by molar-refractivity contribution is 0.0988. The molecule has 3 nitrogen and oxygen atoms in total. The number of hydrogen-bond acceptors (Lipinski definition) is 3. The predicted molar refractivity (Wildman–Crippen MR) is 58.8 cm³/mol. The molecule has 1 aromatic carbocycles. The molecule has 2 atom stereocenters. The van der Waals surface area contributed by atoms with Crippen LogP contribution in [0, 0.1) is 5.92 Å². The highest BCUT2D eigenvalue weighted by Crippen LogP contribution is 2.26. The minimum Gasteiger partial charge on any atom is -0.497 e. The van der Waals surface area contributed by atoms with Crippen molar-refractivity contribution in [3.8, 4) is 5.75 Å². The van der Waals surface area contributed by atoms with Crippen molar-refractivity contribution >= 4 is 0 Å². The van der Waals surface area contributed by atoms with Gasteiger partial charge < -0.3 is 14.9 Å². The fourth-order valence-electron chi connectivity index (χ4n) is 1.52. The van der Waals surface area contributed by atoms with Crippen molar-refractivity contribution in [1.29, 1.82) is 0 Å². The largest absolute Gasteiger partial charge is 0.497 e. The van der Waals surface area contributed by atoms with Crippen molar-refractivity contribution < 1.29 is 14.9 Å². The van der Waals surface area contributed by atoms with Crippen molar-refractivity contribution in [2.75, 3.05) is 13.7 Å². The molecule has 15 heavy (non-hydrogen) atoms. The standard InChI is InChI=1S/C12H18O3/c1-9(6-7-13)12(14)10-4-3-5-11(8-10)15-2/h3-5,8-9,12-14H,6-7H2,1-2H3/t9-,12-/m0/s1. The second-order valence-corrected chi connectivity index (χ2v) is 3.71.